The van der Waals surface area contributed by atoms with Crippen molar-refractivity contribution in [1.82, 2.24) is 10.1 Å². The van der Waals surface area contributed by atoms with Crippen LogP contribution >= 0.6 is 0 Å². The Hall–Kier alpha value is -0.750. The molecule has 2 rings (SSSR count). The van der Waals surface area contributed by atoms with Crippen molar-refractivity contribution in [2.24, 2.45) is 17.3 Å². The lowest BCUT2D eigenvalue weighted by Gasteiger charge is -2.37. The van der Waals surface area contributed by atoms with Crippen LogP contribution in [-0.2, 0) is 4.79 Å². The van der Waals surface area contributed by atoms with Gasteiger partial charge in [-0.2, -0.15) is 10.1 Å². The highest BCUT2D eigenvalue weighted by molar-refractivity contribution is 5.84. The van der Waals surface area contributed by atoms with E-state index in [9.17, 15) is 15.2 Å². The van der Waals surface area contributed by atoms with Crippen LogP contribution in [0.4, 0.5) is 0 Å². The predicted molar refractivity (Wildman–Crippen MR) is 135 cm³/mol. The van der Waals surface area contributed by atoms with Gasteiger partial charge in [-0.05, 0) is 79.2 Å². The molecule has 32 heavy (non-hydrogen) atoms. The quantitative estimate of drug-likeness (QED) is 0.445. The second-order valence-corrected chi connectivity index (χ2v) is 13.0. The first kappa shape index (κ1) is 31.2. The Morgan fingerprint density at radius 3 is 1.69 bits per heavy atom. The summed E-state index contributed by atoms with van der Waals surface area (Å²) in [5, 5.41) is 23.0. The Morgan fingerprint density at radius 1 is 1.00 bits per heavy atom. The van der Waals surface area contributed by atoms with Crippen LogP contribution in [0.3, 0.4) is 0 Å². The molecule has 0 saturated carbocycles. The maximum absolute atomic E-state index is 12.1. The summed E-state index contributed by atoms with van der Waals surface area (Å²) in [6, 6.07) is 0. The number of rotatable bonds is 3. The normalized spacial score (nSPS) is 26.1. The second kappa shape index (κ2) is 10.2. The third-order valence-corrected chi connectivity index (χ3v) is 6.70. The molecule has 0 amide bonds. The van der Waals surface area contributed by atoms with Crippen LogP contribution in [0.15, 0.2) is 11.6 Å². The number of carbonyl (C=O) groups is 1. The summed E-state index contributed by atoms with van der Waals surface area (Å²) in [5.41, 5.74) is 0.358. The maximum Gasteiger partial charge on any atom is 0.140 e. The van der Waals surface area contributed by atoms with Gasteiger partial charge >= 0.3 is 0 Å². The summed E-state index contributed by atoms with van der Waals surface area (Å²) in [5.74, 6) is 0.221. The third kappa shape index (κ3) is 6.88. The first-order chi connectivity index (χ1) is 14.1. The van der Waals surface area contributed by atoms with Crippen molar-refractivity contribution in [3.63, 3.8) is 0 Å². The zero-order chi connectivity index (χ0) is 26.1. The number of hydrogen-bond acceptors (Lipinski definition) is 5. The molecule has 1 unspecified atom stereocenters. The standard InChI is InChI=1S/C13H25NO.C12H23NO2.C2H6/c1-11(2,3)8-10-9-12(4,5)14(15)13(10,6)7;1-8(2)10(14)9-7-11(3,4)13(15)12(9,5)6;1-2/h9,15H,8H2,1-7H3;8-9,15H,7H2,1-6H3;1-2H3. The number of nitrogens with zero attached hydrogens (tertiary/aromatic N) is 2. The minimum absolute atomic E-state index is 0.0385. The molecule has 5 nitrogen and oxygen atoms in total. The van der Waals surface area contributed by atoms with E-state index < -0.39 is 5.54 Å². The van der Waals surface area contributed by atoms with Crippen molar-refractivity contribution in [2.45, 2.75) is 139 Å². The van der Waals surface area contributed by atoms with Gasteiger partial charge in [0.2, 0.25) is 0 Å². The molecule has 2 heterocycles. The fourth-order valence-corrected chi connectivity index (χ4v) is 4.97. The van der Waals surface area contributed by atoms with Gasteiger partial charge in [0.25, 0.3) is 0 Å². The molecule has 0 aromatic rings. The summed E-state index contributed by atoms with van der Waals surface area (Å²) in [7, 11) is 0. The molecule has 0 radical (unpaired) electrons. The van der Waals surface area contributed by atoms with Crippen LogP contribution in [-0.4, -0.2) is 48.5 Å². The highest BCUT2D eigenvalue weighted by atomic mass is 16.5. The van der Waals surface area contributed by atoms with Crippen LogP contribution in [0.1, 0.15) is 117 Å². The summed E-state index contributed by atoms with van der Waals surface area (Å²) in [6.45, 7) is 30.6. The van der Waals surface area contributed by atoms with Gasteiger partial charge in [-0.1, -0.05) is 54.5 Å². The fraction of sp³-hybridized carbons (Fsp3) is 0.889. The topological polar surface area (TPSA) is 64.0 Å². The van der Waals surface area contributed by atoms with E-state index in [1.54, 1.807) is 0 Å². The molecule has 0 aromatic carbocycles. The van der Waals surface area contributed by atoms with E-state index in [1.165, 1.54) is 15.7 Å². The van der Waals surface area contributed by atoms with Gasteiger partial charge in [0, 0.05) is 17.4 Å². The third-order valence-electron chi connectivity index (χ3n) is 6.70. The van der Waals surface area contributed by atoms with Crippen molar-refractivity contribution in [2.75, 3.05) is 0 Å². The van der Waals surface area contributed by atoms with E-state index in [-0.39, 0.29) is 39.7 Å². The Bertz CT molecular complexity index is 667. The van der Waals surface area contributed by atoms with E-state index in [0.717, 1.165) is 12.8 Å². The molecule has 5 heteroatoms. The molecule has 1 atom stereocenters. The van der Waals surface area contributed by atoms with Crippen molar-refractivity contribution < 1.29 is 15.2 Å². The molecule has 1 fully saturated rings. The molecule has 0 aliphatic carbocycles. The number of ketones is 1. The lowest BCUT2D eigenvalue weighted by molar-refractivity contribution is -0.197. The van der Waals surface area contributed by atoms with E-state index in [0.29, 0.717) is 0 Å². The Balaban J connectivity index is 0.000000557. The molecule has 2 aliphatic heterocycles. The Labute approximate surface area is 199 Å². The molecule has 1 saturated heterocycles. The maximum atomic E-state index is 12.1. The van der Waals surface area contributed by atoms with Crippen molar-refractivity contribution in [1.29, 1.82) is 0 Å². The minimum Gasteiger partial charge on any atom is -0.313 e. The Kier molecular flexibility index (Phi) is 10.0. The van der Waals surface area contributed by atoms with E-state index in [2.05, 4.69) is 40.7 Å². The molecule has 2 N–H and O–H groups in total. The minimum atomic E-state index is -0.454. The van der Waals surface area contributed by atoms with Crippen LogP contribution < -0.4 is 0 Å². The average Bonchev–Trinajstić information content (AvgIpc) is 2.88. The number of hydrogen-bond donors (Lipinski definition) is 2. The van der Waals surface area contributed by atoms with Gasteiger partial charge in [0.1, 0.15) is 5.78 Å². The molecule has 0 aromatic heterocycles. The molecule has 0 spiro atoms. The van der Waals surface area contributed by atoms with Crippen LogP contribution in [0.25, 0.3) is 0 Å². The molecule has 2 aliphatic rings. The van der Waals surface area contributed by atoms with Gasteiger partial charge in [0.15, 0.2) is 0 Å². The largest absolute Gasteiger partial charge is 0.313 e. The number of Topliss-reactive ketones (excluding diaryl/α,β-unsaturated/α-hetero) is 1. The van der Waals surface area contributed by atoms with Gasteiger partial charge in [-0.3, -0.25) is 4.79 Å². The van der Waals surface area contributed by atoms with Crippen molar-refractivity contribution >= 4 is 5.78 Å². The monoisotopic (exact) mass is 454 g/mol. The Morgan fingerprint density at radius 2 is 1.44 bits per heavy atom. The van der Waals surface area contributed by atoms with Crippen molar-refractivity contribution in [3.05, 3.63) is 11.6 Å². The molecule has 190 valence electrons. The van der Waals surface area contributed by atoms with Gasteiger partial charge < -0.3 is 10.4 Å². The van der Waals surface area contributed by atoms with Crippen LogP contribution in [0.2, 0.25) is 0 Å². The predicted octanol–water partition coefficient (Wildman–Crippen LogP) is 7.12. The van der Waals surface area contributed by atoms with Gasteiger partial charge in [-0.15, -0.1) is 0 Å². The van der Waals surface area contributed by atoms with E-state index >= 15 is 0 Å². The first-order valence-corrected chi connectivity index (χ1v) is 12.3. The zero-order valence-electron chi connectivity index (χ0n) is 23.8. The van der Waals surface area contributed by atoms with Crippen molar-refractivity contribution in [3.8, 4) is 0 Å². The average molecular weight is 455 g/mol. The number of carbonyl (C=O) groups excluding carboxylic acids is 1. The number of hydroxylamine groups is 4. The van der Waals surface area contributed by atoms with E-state index in [4.69, 9.17) is 0 Å². The van der Waals surface area contributed by atoms with Gasteiger partial charge in [0.05, 0.1) is 16.6 Å². The summed E-state index contributed by atoms with van der Waals surface area (Å²) in [6.07, 6.45) is 3.96. The SMILES string of the molecule is CC.CC(C)(C)CC1=CC(C)(C)N(O)C1(C)C.CC(C)C(=O)C1CC(C)(C)N(O)C1(C)C. The molecular weight excluding hydrogens is 400 g/mol. The summed E-state index contributed by atoms with van der Waals surface area (Å²) >= 11 is 0. The summed E-state index contributed by atoms with van der Waals surface area (Å²) in [4.78, 5) is 12.1. The lowest BCUT2D eigenvalue weighted by atomic mass is 9.80. The molecular formula is C27H54N2O3. The highest BCUT2D eigenvalue weighted by Gasteiger charge is 2.54. The molecule has 0 bridgehead atoms. The smallest absolute Gasteiger partial charge is 0.140 e. The van der Waals surface area contributed by atoms with Gasteiger partial charge in [-0.25, -0.2) is 0 Å². The van der Waals surface area contributed by atoms with E-state index in [1.807, 2.05) is 69.2 Å². The summed E-state index contributed by atoms with van der Waals surface area (Å²) < 4.78 is 0. The van der Waals surface area contributed by atoms with Crippen LogP contribution in [0.5, 0.6) is 0 Å². The fourth-order valence-electron chi connectivity index (χ4n) is 4.97. The lowest BCUT2D eigenvalue weighted by Crippen LogP contribution is -2.48. The second-order valence-electron chi connectivity index (χ2n) is 13.0. The zero-order valence-corrected chi connectivity index (χ0v) is 23.8. The van der Waals surface area contributed by atoms with Crippen LogP contribution in [0, 0.1) is 17.3 Å². The first-order valence-electron chi connectivity index (χ1n) is 12.3. The highest BCUT2D eigenvalue weighted by Crippen LogP contribution is 2.45.